The van der Waals surface area contributed by atoms with Gasteiger partial charge in [-0.15, -0.1) is 0 Å². The van der Waals surface area contributed by atoms with E-state index in [9.17, 15) is 0 Å². The average Bonchev–Trinajstić information content (AvgIpc) is 2.72. The van der Waals surface area contributed by atoms with Gasteiger partial charge in [0, 0.05) is 0 Å². The van der Waals surface area contributed by atoms with Crippen molar-refractivity contribution in [3.8, 4) is 0 Å². The van der Waals surface area contributed by atoms with Crippen LogP contribution in [0.3, 0.4) is 0 Å². The van der Waals surface area contributed by atoms with Gasteiger partial charge >= 0.3 is 10.4 Å². The molecule has 0 unspecified atom stereocenters. The molecule has 192 valence electrons. The number of nitrogens with zero attached hydrogens (tertiary/aromatic N) is 2. The molecular weight excluding hydrogens is 412 g/mol. The maximum atomic E-state index is 8.74. The summed E-state index contributed by atoms with van der Waals surface area (Å²) >= 11 is 0. The summed E-state index contributed by atoms with van der Waals surface area (Å²) in [4.78, 5) is 5.27. The summed E-state index contributed by atoms with van der Waals surface area (Å²) in [5, 5.41) is 0. The molecule has 0 saturated carbocycles. The molecule has 0 spiro atoms. The lowest BCUT2D eigenvalue weighted by atomic mass is 10.2. The van der Waals surface area contributed by atoms with E-state index in [1.54, 1.807) is 0 Å². The van der Waals surface area contributed by atoms with Crippen LogP contribution in [0.2, 0.25) is 0 Å². The van der Waals surface area contributed by atoms with Crippen molar-refractivity contribution >= 4 is 10.4 Å². The summed E-state index contributed by atoms with van der Waals surface area (Å²) < 4.78 is 31.6. The average molecular weight is 469 g/mol. The zero-order chi connectivity index (χ0) is 24.4. The predicted molar refractivity (Wildman–Crippen MR) is 137 cm³/mol. The summed E-state index contributed by atoms with van der Waals surface area (Å²) in [6.07, 6.45) is 16.2. The molecule has 2 N–H and O–H groups in total. The second-order valence-electron chi connectivity index (χ2n) is 8.25. The Morgan fingerprint density at radius 1 is 0.452 bits per heavy atom. The van der Waals surface area contributed by atoms with E-state index in [2.05, 4.69) is 51.3 Å². The van der Waals surface area contributed by atoms with Crippen LogP contribution in [0.1, 0.15) is 119 Å². The van der Waals surface area contributed by atoms with Gasteiger partial charge in [-0.25, -0.2) is 0 Å². The second-order valence-corrected chi connectivity index (χ2v) is 9.15. The molecule has 0 atom stereocenters. The zero-order valence-electron chi connectivity index (χ0n) is 21.7. The summed E-state index contributed by atoms with van der Waals surface area (Å²) in [5.41, 5.74) is 0. The maximum absolute atomic E-state index is 8.74. The van der Waals surface area contributed by atoms with Crippen molar-refractivity contribution in [2.75, 3.05) is 39.3 Å². The van der Waals surface area contributed by atoms with Crippen LogP contribution in [0.4, 0.5) is 0 Å². The first-order valence-electron chi connectivity index (χ1n) is 12.8. The summed E-state index contributed by atoms with van der Waals surface area (Å²) in [6.45, 7) is 21.5. The third kappa shape index (κ3) is 40.6. The second kappa shape index (κ2) is 27.8. The van der Waals surface area contributed by atoms with Crippen LogP contribution >= 0.6 is 0 Å². The molecule has 0 amide bonds. The van der Waals surface area contributed by atoms with Crippen molar-refractivity contribution in [1.29, 1.82) is 0 Å². The Balaban J connectivity index is -0.000000416. The number of unbranched alkanes of at least 4 members (excludes halogenated alkanes) is 6. The predicted octanol–water partition coefficient (Wildman–Crippen LogP) is 6.72. The molecule has 0 fully saturated rings. The van der Waals surface area contributed by atoms with E-state index >= 15 is 0 Å². The Labute approximate surface area is 195 Å². The van der Waals surface area contributed by atoms with Crippen molar-refractivity contribution < 1.29 is 17.5 Å². The maximum Gasteiger partial charge on any atom is 0.394 e. The highest BCUT2D eigenvalue weighted by Crippen LogP contribution is 2.02. The van der Waals surface area contributed by atoms with Gasteiger partial charge < -0.3 is 9.80 Å². The van der Waals surface area contributed by atoms with E-state index in [0.29, 0.717) is 0 Å². The molecule has 0 aromatic heterocycles. The molecule has 0 saturated heterocycles. The topological polar surface area (TPSA) is 81.1 Å². The molecule has 0 aliphatic rings. The molecule has 0 aromatic carbocycles. The van der Waals surface area contributed by atoms with Crippen molar-refractivity contribution in [1.82, 2.24) is 9.80 Å². The van der Waals surface area contributed by atoms with Gasteiger partial charge in [0.05, 0.1) is 0 Å². The lowest BCUT2D eigenvalue weighted by Crippen LogP contribution is -2.27. The normalized spacial score (nSPS) is 11.2. The van der Waals surface area contributed by atoms with E-state index in [4.69, 9.17) is 17.5 Å². The minimum atomic E-state index is -4.67. The molecule has 0 bridgehead atoms. The highest BCUT2D eigenvalue weighted by Gasteiger charge is 2.02. The molecule has 6 nitrogen and oxygen atoms in total. The van der Waals surface area contributed by atoms with Crippen molar-refractivity contribution in [3.63, 3.8) is 0 Å². The van der Waals surface area contributed by atoms with Crippen molar-refractivity contribution in [3.05, 3.63) is 0 Å². The molecule has 0 radical (unpaired) electrons. The molecule has 7 heteroatoms. The van der Waals surface area contributed by atoms with E-state index in [-0.39, 0.29) is 0 Å². The Morgan fingerprint density at radius 2 is 0.581 bits per heavy atom. The molecule has 0 heterocycles. The molecule has 31 heavy (non-hydrogen) atoms. The van der Waals surface area contributed by atoms with E-state index < -0.39 is 10.4 Å². The fourth-order valence-electron chi connectivity index (χ4n) is 2.96. The van der Waals surface area contributed by atoms with Crippen LogP contribution in [-0.2, 0) is 10.4 Å². The van der Waals surface area contributed by atoms with Crippen LogP contribution in [-0.4, -0.2) is 66.6 Å². The molecule has 0 aliphatic heterocycles. The monoisotopic (exact) mass is 468 g/mol. The SMILES string of the molecule is CCCCN(CCCC)CCCC.CCCCN(CCCC)CCCC.O=S(=O)(O)O. The van der Waals surface area contributed by atoms with Gasteiger partial charge in [0.25, 0.3) is 0 Å². The number of hydrogen-bond acceptors (Lipinski definition) is 4. The minimum Gasteiger partial charge on any atom is -0.303 e. The van der Waals surface area contributed by atoms with E-state index in [1.165, 1.54) is 116 Å². The Kier molecular flexibility index (Phi) is 31.8. The minimum absolute atomic E-state index is 1.32. The Bertz CT molecular complexity index is 350. The van der Waals surface area contributed by atoms with Gasteiger partial charge in [0.15, 0.2) is 0 Å². The zero-order valence-corrected chi connectivity index (χ0v) is 22.6. The van der Waals surface area contributed by atoms with Gasteiger partial charge in [0.1, 0.15) is 0 Å². The van der Waals surface area contributed by atoms with Crippen LogP contribution in [0.5, 0.6) is 0 Å². The highest BCUT2D eigenvalue weighted by molar-refractivity contribution is 7.79. The van der Waals surface area contributed by atoms with Crippen LogP contribution in [0.25, 0.3) is 0 Å². The molecule has 0 rings (SSSR count). The number of hydrogen-bond donors (Lipinski definition) is 2. The molecule has 0 aromatic rings. The van der Waals surface area contributed by atoms with Crippen LogP contribution in [0, 0.1) is 0 Å². The van der Waals surface area contributed by atoms with Gasteiger partial charge in [-0.3, -0.25) is 9.11 Å². The number of rotatable bonds is 18. The summed E-state index contributed by atoms with van der Waals surface area (Å²) in [6, 6.07) is 0. The lowest BCUT2D eigenvalue weighted by Gasteiger charge is -2.21. The van der Waals surface area contributed by atoms with E-state index in [0.717, 1.165) is 0 Å². The third-order valence-corrected chi connectivity index (χ3v) is 4.97. The van der Waals surface area contributed by atoms with E-state index in [1.807, 2.05) is 0 Å². The van der Waals surface area contributed by atoms with Gasteiger partial charge in [-0.1, -0.05) is 80.1 Å². The first-order valence-corrected chi connectivity index (χ1v) is 14.2. The van der Waals surface area contributed by atoms with Crippen molar-refractivity contribution in [2.24, 2.45) is 0 Å². The molecular formula is C24H56N2O4S. The molecule has 0 aliphatic carbocycles. The van der Waals surface area contributed by atoms with Crippen molar-refractivity contribution in [2.45, 2.75) is 119 Å². The Hall–Kier alpha value is -0.210. The largest absolute Gasteiger partial charge is 0.394 e. The fourth-order valence-corrected chi connectivity index (χ4v) is 2.96. The quantitative estimate of drug-likeness (QED) is 0.217. The Morgan fingerprint density at radius 3 is 0.677 bits per heavy atom. The first kappa shape index (κ1) is 35.4. The van der Waals surface area contributed by atoms with Crippen LogP contribution in [0.15, 0.2) is 0 Å². The highest BCUT2D eigenvalue weighted by atomic mass is 32.3. The van der Waals surface area contributed by atoms with Gasteiger partial charge in [-0.05, 0) is 77.8 Å². The lowest BCUT2D eigenvalue weighted by molar-refractivity contribution is 0.261. The smallest absolute Gasteiger partial charge is 0.303 e. The van der Waals surface area contributed by atoms with Crippen LogP contribution < -0.4 is 0 Å². The summed E-state index contributed by atoms with van der Waals surface area (Å²) in [5.74, 6) is 0. The summed E-state index contributed by atoms with van der Waals surface area (Å²) in [7, 11) is -4.67. The third-order valence-electron chi connectivity index (χ3n) is 4.97. The fraction of sp³-hybridized carbons (Fsp3) is 1.00. The van der Waals surface area contributed by atoms with Gasteiger partial charge in [-0.2, -0.15) is 8.42 Å². The van der Waals surface area contributed by atoms with Gasteiger partial charge in [0.2, 0.25) is 0 Å². The first-order chi connectivity index (χ1) is 14.7. The standard InChI is InChI=1S/2C12H27N.H2O4S/c2*1-4-7-10-13(11-8-5-2)12-9-6-3;1-5(2,3)4/h2*4-12H2,1-3H3;(H2,1,2,3,4).